The van der Waals surface area contributed by atoms with Crippen molar-refractivity contribution in [1.82, 2.24) is 19.8 Å². The summed E-state index contributed by atoms with van der Waals surface area (Å²) in [6.07, 6.45) is 3.64. The average molecular weight is 456 g/mol. The molecule has 1 amide bonds. The second kappa shape index (κ2) is 10.2. The van der Waals surface area contributed by atoms with Crippen LogP contribution in [0.1, 0.15) is 46.1 Å². The van der Waals surface area contributed by atoms with Crippen LogP contribution < -0.4 is 5.32 Å². The van der Waals surface area contributed by atoms with Crippen molar-refractivity contribution in [2.24, 2.45) is 0 Å². The lowest BCUT2D eigenvalue weighted by atomic mass is 9.96. The van der Waals surface area contributed by atoms with Crippen LogP contribution in [0.3, 0.4) is 0 Å². The summed E-state index contributed by atoms with van der Waals surface area (Å²) in [5.41, 5.74) is 3.89. The highest BCUT2D eigenvalue weighted by molar-refractivity contribution is 5.98. The van der Waals surface area contributed by atoms with Crippen molar-refractivity contribution in [2.75, 3.05) is 38.0 Å². The van der Waals surface area contributed by atoms with Gasteiger partial charge in [-0.25, -0.2) is 9.97 Å². The number of aryl methyl sites for hydroxylation is 1. The Morgan fingerprint density at radius 3 is 2.21 bits per heavy atom. The summed E-state index contributed by atoms with van der Waals surface area (Å²) >= 11 is 0. The number of carbonyl (C=O) groups is 2. The lowest BCUT2D eigenvalue weighted by Crippen LogP contribution is -2.49. The lowest BCUT2D eigenvalue weighted by Gasteiger charge is -2.39. The second-order valence-corrected chi connectivity index (χ2v) is 8.91. The summed E-state index contributed by atoms with van der Waals surface area (Å²) in [5, 5.41) is 2.81. The standard InChI is InChI=1S/C27H29N5O2/c33-24-13-7-12-23-22(24)18-28-27(29-23)30-25(34)19-31-14-16-32(17-15-31)26(20-8-3-1-4-9-20)21-10-5-2-6-11-21/h1-6,8-11,18,26H,7,12-17,19H2,(H,28,29,30,34). The van der Waals surface area contributed by atoms with Gasteiger partial charge in [-0.2, -0.15) is 0 Å². The molecule has 174 valence electrons. The van der Waals surface area contributed by atoms with Crippen LogP contribution in [-0.2, 0) is 11.2 Å². The molecule has 2 aliphatic rings. The Morgan fingerprint density at radius 2 is 1.56 bits per heavy atom. The van der Waals surface area contributed by atoms with Crippen LogP contribution in [0, 0.1) is 0 Å². The van der Waals surface area contributed by atoms with Crippen molar-refractivity contribution in [3.05, 3.63) is 89.2 Å². The van der Waals surface area contributed by atoms with Gasteiger partial charge >= 0.3 is 0 Å². The predicted molar refractivity (Wildman–Crippen MR) is 131 cm³/mol. The Hall–Kier alpha value is -3.42. The van der Waals surface area contributed by atoms with Gasteiger partial charge < -0.3 is 0 Å². The molecule has 1 saturated heterocycles. The Morgan fingerprint density at radius 1 is 0.912 bits per heavy atom. The first-order valence-corrected chi connectivity index (χ1v) is 11.9. The number of ketones is 1. The minimum Gasteiger partial charge on any atom is -0.294 e. The van der Waals surface area contributed by atoms with Crippen LogP contribution in [0.5, 0.6) is 0 Å². The molecule has 1 N–H and O–H groups in total. The Balaban J connectivity index is 1.19. The van der Waals surface area contributed by atoms with Crippen LogP contribution in [-0.4, -0.2) is 64.2 Å². The number of fused-ring (bicyclic) bond motifs is 1. The highest BCUT2D eigenvalue weighted by Crippen LogP contribution is 2.29. The van der Waals surface area contributed by atoms with Gasteiger partial charge in [0.1, 0.15) is 0 Å². The van der Waals surface area contributed by atoms with Crippen molar-refractivity contribution in [3.63, 3.8) is 0 Å². The number of carbonyl (C=O) groups excluding carboxylic acids is 2. The molecule has 0 unspecified atom stereocenters. The van der Waals surface area contributed by atoms with Crippen LogP contribution in [0.25, 0.3) is 0 Å². The van der Waals surface area contributed by atoms with Crippen LogP contribution >= 0.6 is 0 Å². The SMILES string of the molecule is O=C(CN1CCN(C(c2ccccc2)c2ccccc2)CC1)Nc1ncc2c(n1)CCCC2=O. The monoisotopic (exact) mass is 455 g/mol. The summed E-state index contributed by atoms with van der Waals surface area (Å²) in [7, 11) is 0. The van der Waals surface area contributed by atoms with E-state index < -0.39 is 0 Å². The van der Waals surface area contributed by atoms with Gasteiger partial charge in [-0.1, -0.05) is 60.7 Å². The van der Waals surface area contributed by atoms with E-state index in [2.05, 4.69) is 73.6 Å². The Kier molecular flexibility index (Phi) is 6.74. The maximum absolute atomic E-state index is 12.7. The third-order valence-electron chi connectivity index (χ3n) is 6.61. The molecule has 2 heterocycles. The zero-order chi connectivity index (χ0) is 23.3. The number of nitrogens with zero attached hydrogens (tertiary/aromatic N) is 4. The predicted octanol–water partition coefficient (Wildman–Crippen LogP) is 3.34. The number of benzene rings is 2. The van der Waals surface area contributed by atoms with E-state index in [0.29, 0.717) is 18.5 Å². The summed E-state index contributed by atoms with van der Waals surface area (Å²) in [5.74, 6) is 0.241. The quantitative estimate of drug-likeness (QED) is 0.614. The number of aromatic nitrogens is 2. The normalized spacial score (nSPS) is 16.9. The maximum Gasteiger partial charge on any atom is 0.240 e. The van der Waals surface area contributed by atoms with Crippen molar-refractivity contribution >= 4 is 17.6 Å². The number of Topliss-reactive ketones (excluding diaryl/α,β-unsaturated/α-hetero) is 1. The van der Waals surface area contributed by atoms with Crippen LogP contribution in [0.15, 0.2) is 66.9 Å². The number of amides is 1. The van der Waals surface area contributed by atoms with E-state index in [9.17, 15) is 9.59 Å². The first-order valence-electron chi connectivity index (χ1n) is 11.9. The fraction of sp³-hybridized carbons (Fsp3) is 0.333. The van der Waals surface area contributed by atoms with E-state index in [1.165, 1.54) is 11.1 Å². The first kappa shape index (κ1) is 22.4. The third kappa shape index (κ3) is 5.05. The number of hydrogen-bond donors (Lipinski definition) is 1. The number of hydrogen-bond acceptors (Lipinski definition) is 6. The molecule has 1 fully saturated rings. The third-order valence-corrected chi connectivity index (χ3v) is 6.61. The molecule has 7 heteroatoms. The summed E-state index contributed by atoms with van der Waals surface area (Å²) in [6.45, 7) is 3.67. The Labute approximate surface area is 199 Å². The highest BCUT2D eigenvalue weighted by atomic mass is 16.2. The minimum absolute atomic E-state index is 0.0845. The summed E-state index contributed by atoms with van der Waals surface area (Å²) < 4.78 is 0. The van der Waals surface area contributed by atoms with E-state index in [1.807, 2.05) is 12.1 Å². The van der Waals surface area contributed by atoms with Gasteiger partial charge in [-0.3, -0.25) is 24.7 Å². The molecule has 0 saturated carbocycles. The molecule has 0 spiro atoms. The van der Waals surface area contributed by atoms with Gasteiger partial charge in [0.2, 0.25) is 11.9 Å². The largest absolute Gasteiger partial charge is 0.294 e. The molecule has 1 aliphatic heterocycles. The highest BCUT2D eigenvalue weighted by Gasteiger charge is 2.27. The molecule has 7 nitrogen and oxygen atoms in total. The van der Waals surface area contributed by atoms with E-state index >= 15 is 0 Å². The second-order valence-electron chi connectivity index (χ2n) is 8.91. The topological polar surface area (TPSA) is 78.4 Å². The smallest absolute Gasteiger partial charge is 0.240 e. The number of rotatable bonds is 6. The number of nitrogens with one attached hydrogen (secondary N) is 1. The molecular weight excluding hydrogens is 426 g/mol. The van der Waals surface area contributed by atoms with Crippen LogP contribution in [0.4, 0.5) is 5.95 Å². The van der Waals surface area contributed by atoms with Crippen molar-refractivity contribution in [1.29, 1.82) is 0 Å². The van der Waals surface area contributed by atoms with E-state index in [4.69, 9.17) is 0 Å². The number of anilines is 1. The molecule has 5 rings (SSSR count). The van der Waals surface area contributed by atoms with Gasteiger partial charge in [0.05, 0.1) is 23.8 Å². The summed E-state index contributed by atoms with van der Waals surface area (Å²) in [4.78, 5) is 37.9. The first-order chi connectivity index (χ1) is 16.7. The zero-order valence-electron chi connectivity index (χ0n) is 19.2. The lowest BCUT2D eigenvalue weighted by molar-refractivity contribution is -0.117. The average Bonchev–Trinajstić information content (AvgIpc) is 2.87. The van der Waals surface area contributed by atoms with Gasteiger partial charge in [0.25, 0.3) is 0 Å². The van der Waals surface area contributed by atoms with Gasteiger partial charge in [0.15, 0.2) is 5.78 Å². The van der Waals surface area contributed by atoms with E-state index in [0.717, 1.165) is 44.7 Å². The fourth-order valence-corrected chi connectivity index (χ4v) is 4.88. The van der Waals surface area contributed by atoms with Crippen molar-refractivity contribution < 1.29 is 9.59 Å². The molecule has 3 aromatic rings. The van der Waals surface area contributed by atoms with Crippen molar-refractivity contribution in [3.8, 4) is 0 Å². The molecule has 1 aliphatic carbocycles. The van der Waals surface area contributed by atoms with E-state index in [-0.39, 0.29) is 23.7 Å². The van der Waals surface area contributed by atoms with Crippen LogP contribution in [0.2, 0.25) is 0 Å². The summed E-state index contributed by atoms with van der Waals surface area (Å²) in [6, 6.07) is 21.4. The molecule has 0 bridgehead atoms. The molecule has 34 heavy (non-hydrogen) atoms. The maximum atomic E-state index is 12.7. The molecule has 2 aromatic carbocycles. The van der Waals surface area contributed by atoms with E-state index in [1.54, 1.807) is 6.20 Å². The van der Waals surface area contributed by atoms with Gasteiger partial charge in [-0.05, 0) is 24.0 Å². The minimum atomic E-state index is -0.127. The molecule has 0 radical (unpaired) electrons. The molecular formula is C27H29N5O2. The number of piperazine rings is 1. The Bertz CT molecular complexity index is 1100. The van der Waals surface area contributed by atoms with Crippen molar-refractivity contribution in [2.45, 2.75) is 25.3 Å². The molecule has 1 aromatic heterocycles. The fourth-order valence-electron chi connectivity index (χ4n) is 4.88. The van der Waals surface area contributed by atoms with Gasteiger partial charge in [0, 0.05) is 38.8 Å². The zero-order valence-corrected chi connectivity index (χ0v) is 19.2. The van der Waals surface area contributed by atoms with Gasteiger partial charge in [-0.15, -0.1) is 0 Å². The molecule has 0 atom stereocenters.